The molecule has 1 amide bonds. The van der Waals surface area contributed by atoms with Crippen molar-refractivity contribution < 1.29 is 4.79 Å². The predicted octanol–water partition coefficient (Wildman–Crippen LogP) is 3.22. The van der Waals surface area contributed by atoms with Crippen LogP contribution in [0.25, 0.3) is 0 Å². The Morgan fingerprint density at radius 3 is 2.40 bits per heavy atom. The fourth-order valence-electron chi connectivity index (χ4n) is 2.38. The van der Waals surface area contributed by atoms with E-state index in [9.17, 15) is 4.79 Å². The van der Waals surface area contributed by atoms with Crippen LogP contribution in [0.15, 0.2) is 0 Å². The summed E-state index contributed by atoms with van der Waals surface area (Å²) in [4.78, 5) is 13.5. The molecule has 1 aliphatic heterocycles. The molecule has 1 fully saturated rings. The van der Waals surface area contributed by atoms with Gasteiger partial charge in [0.15, 0.2) is 0 Å². The number of unbranched alkanes of at least 4 members (excludes halogenated alkanes) is 2. The number of carbonyl (C=O) groups is 1. The van der Waals surface area contributed by atoms with E-state index in [1.54, 1.807) is 0 Å². The van der Waals surface area contributed by atoms with E-state index < -0.39 is 0 Å². The molecule has 0 atom stereocenters. The van der Waals surface area contributed by atoms with Crippen LogP contribution in [0.5, 0.6) is 0 Å². The minimum absolute atomic E-state index is 0.335. The molecular formula is C13H25NO. The molecule has 2 nitrogen and oxygen atoms in total. The van der Waals surface area contributed by atoms with E-state index in [0.29, 0.717) is 12.3 Å². The van der Waals surface area contributed by atoms with Gasteiger partial charge in [0.05, 0.1) is 0 Å². The van der Waals surface area contributed by atoms with E-state index in [0.717, 1.165) is 19.0 Å². The summed E-state index contributed by atoms with van der Waals surface area (Å²) in [6.45, 7) is 6.21. The van der Waals surface area contributed by atoms with Crippen LogP contribution in [-0.2, 0) is 4.79 Å². The van der Waals surface area contributed by atoms with Crippen LogP contribution in [0.2, 0.25) is 0 Å². The Morgan fingerprint density at radius 1 is 1.20 bits per heavy atom. The SMILES string of the molecule is CCCCCC1CCN(C(=O)CC)CC1. The van der Waals surface area contributed by atoms with Crippen molar-refractivity contribution in [3.63, 3.8) is 0 Å². The molecule has 1 heterocycles. The number of piperidine rings is 1. The Labute approximate surface area is 94.0 Å². The Balaban J connectivity index is 2.15. The Morgan fingerprint density at radius 2 is 1.87 bits per heavy atom. The number of amides is 1. The van der Waals surface area contributed by atoms with E-state index in [2.05, 4.69) is 6.92 Å². The summed E-state index contributed by atoms with van der Waals surface area (Å²) in [6.07, 6.45) is 8.57. The molecule has 0 unspecified atom stereocenters. The van der Waals surface area contributed by atoms with E-state index >= 15 is 0 Å². The lowest BCUT2D eigenvalue weighted by Crippen LogP contribution is -2.38. The molecule has 1 saturated heterocycles. The smallest absolute Gasteiger partial charge is 0.222 e. The van der Waals surface area contributed by atoms with Gasteiger partial charge in [0.2, 0.25) is 5.91 Å². The molecule has 0 radical (unpaired) electrons. The quantitative estimate of drug-likeness (QED) is 0.639. The zero-order chi connectivity index (χ0) is 11.1. The largest absolute Gasteiger partial charge is 0.343 e. The van der Waals surface area contributed by atoms with Crippen LogP contribution in [0.1, 0.15) is 58.8 Å². The molecule has 0 aromatic rings. The standard InChI is InChI=1S/C13H25NO/c1-3-5-6-7-12-8-10-14(11-9-12)13(15)4-2/h12H,3-11H2,1-2H3. The van der Waals surface area contributed by atoms with Crippen molar-refractivity contribution in [2.45, 2.75) is 58.8 Å². The van der Waals surface area contributed by atoms with Crippen molar-refractivity contribution >= 4 is 5.91 Å². The zero-order valence-electron chi connectivity index (χ0n) is 10.3. The van der Waals surface area contributed by atoms with Gasteiger partial charge in [-0.3, -0.25) is 4.79 Å². The van der Waals surface area contributed by atoms with Gasteiger partial charge in [-0.2, -0.15) is 0 Å². The molecule has 0 aliphatic carbocycles. The molecule has 0 aromatic heterocycles. The maximum atomic E-state index is 11.5. The highest BCUT2D eigenvalue weighted by Gasteiger charge is 2.20. The summed E-state index contributed by atoms with van der Waals surface area (Å²) in [6, 6.07) is 0. The van der Waals surface area contributed by atoms with Crippen molar-refractivity contribution in [3.8, 4) is 0 Å². The van der Waals surface area contributed by atoms with E-state index in [1.165, 1.54) is 38.5 Å². The lowest BCUT2D eigenvalue weighted by Gasteiger charge is -2.31. The van der Waals surface area contributed by atoms with Crippen molar-refractivity contribution in [1.82, 2.24) is 4.90 Å². The Kier molecular flexibility index (Phi) is 5.74. The van der Waals surface area contributed by atoms with Crippen LogP contribution in [-0.4, -0.2) is 23.9 Å². The normalized spacial score (nSPS) is 18.1. The average molecular weight is 211 g/mol. The highest BCUT2D eigenvalue weighted by molar-refractivity contribution is 5.75. The summed E-state index contributed by atoms with van der Waals surface area (Å²) in [5.41, 5.74) is 0. The predicted molar refractivity (Wildman–Crippen MR) is 63.7 cm³/mol. The summed E-state index contributed by atoms with van der Waals surface area (Å²) in [5, 5.41) is 0. The van der Waals surface area contributed by atoms with Gasteiger partial charge in [0.1, 0.15) is 0 Å². The number of hydrogen-bond donors (Lipinski definition) is 0. The maximum absolute atomic E-state index is 11.5. The van der Waals surface area contributed by atoms with Crippen LogP contribution in [0.4, 0.5) is 0 Å². The molecule has 0 bridgehead atoms. The second-order valence-corrected chi connectivity index (χ2v) is 4.67. The van der Waals surface area contributed by atoms with Crippen LogP contribution >= 0.6 is 0 Å². The molecule has 88 valence electrons. The third kappa shape index (κ3) is 4.23. The Bertz CT molecular complexity index is 183. The van der Waals surface area contributed by atoms with Crippen LogP contribution in [0, 0.1) is 5.92 Å². The molecular weight excluding hydrogens is 186 g/mol. The van der Waals surface area contributed by atoms with Crippen molar-refractivity contribution in [1.29, 1.82) is 0 Å². The highest BCUT2D eigenvalue weighted by atomic mass is 16.2. The first-order valence-corrected chi connectivity index (χ1v) is 6.55. The number of hydrogen-bond acceptors (Lipinski definition) is 1. The van der Waals surface area contributed by atoms with Gasteiger partial charge in [-0.1, -0.05) is 39.5 Å². The third-order valence-electron chi connectivity index (χ3n) is 3.49. The van der Waals surface area contributed by atoms with Crippen LogP contribution < -0.4 is 0 Å². The topological polar surface area (TPSA) is 20.3 Å². The van der Waals surface area contributed by atoms with Gasteiger partial charge in [0.25, 0.3) is 0 Å². The van der Waals surface area contributed by atoms with Crippen molar-refractivity contribution in [3.05, 3.63) is 0 Å². The second-order valence-electron chi connectivity index (χ2n) is 4.67. The summed E-state index contributed by atoms with van der Waals surface area (Å²) < 4.78 is 0. The van der Waals surface area contributed by atoms with E-state index in [-0.39, 0.29) is 0 Å². The molecule has 0 N–H and O–H groups in total. The molecule has 0 spiro atoms. The van der Waals surface area contributed by atoms with Gasteiger partial charge in [-0.15, -0.1) is 0 Å². The first kappa shape index (κ1) is 12.5. The maximum Gasteiger partial charge on any atom is 0.222 e. The van der Waals surface area contributed by atoms with E-state index in [1.807, 2.05) is 11.8 Å². The fraction of sp³-hybridized carbons (Fsp3) is 0.923. The molecule has 0 saturated carbocycles. The lowest BCUT2D eigenvalue weighted by atomic mass is 9.91. The summed E-state index contributed by atoms with van der Waals surface area (Å²) in [5.74, 6) is 1.22. The Hall–Kier alpha value is -0.530. The van der Waals surface area contributed by atoms with Gasteiger partial charge in [0, 0.05) is 19.5 Å². The monoisotopic (exact) mass is 211 g/mol. The van der Waals surface area contributed by atoms with Gasteiger partial charge in [-0.05, 0) is 18.8 Å². The molecule has 15 heavy (non-hydrogen) atoms. The molecule has 0 aromatic carbocycles. The first-order chi connectivity index (χ1) is 7.27. The zero-order valence-corrected chi connectivity index (χ0v) is 10.3. The highest BCUT2D eigenvalue weighted by Crippen LogP contribution is 2.23. The van der Waals surface area contributed by atoms with Crippen molar-refractivity contribution in [2.75, 3.05) is 13.1 Å². The molecule has 1 aliphatic rings. The fourth-order valence-corrected chi connectivity index (χ4v) is 2.38. The second kappa shape index (κ2) is 6.86. The number of nitrogens with zero attached hydrogens (tertiary/aromatic N) is 1. The minimum atomic E-state index is 0.335. The number of carbonyl (C=O) groups excluding carboxylic acids is 1. The van der Waals surface area contributed by atoms with E-state index in [4.69, 9.17) is 0 Å². The van der Waals surface area contributed by atoms with Gasteiger partial charge in [-0.25, -0.2) is 0 Å². The van der Waals surface area contributed by atoms with Crippen molar-refractivity contribution in [2.24, 2.45) is 5.92 Å². The third-order valence-corrected chi connectivity index (χ3v) is 3.49. The summed E-state index contributed by atoms with van der Waals surface area (Å²) >= 11 is 0. The molecule has 1 rings (SSSR count). The van der Waals surface area contributed by atoms with Crippen LogP contribution in [0.3, 0.4) is 0 Å². The molecule has 2 heteroatoms. The van der Waals surface area contributed by atoms with Gasteiger partial charge >= 0.3 is 0 Å². The summed E-state index contributed by atoms with van der Waals surface area (Å²) in [7, 11) is 0. The average Bonchev–Trinajstić information content (AvgIpc) is 2.29. The van der Waals surface area contributed by atoms with Gasteiger partial charge < -0.3 is 4.90 Å². The first-order valence-electron chi connectivity index (χ1n) is 6.55. The lowest BCUT2D eigenvalue weighted by molar-refractivity contribution is -0.132. The minimum Gasteiger partial charge on any atom is -0.343 e. The number of rotatable bonds is 5. The number of likely N-dealkylation sites (tertiary alicyclic amines) is 1.